The molecule has 0 amide bonds. The fraction of sp³-hybridized carbons (Fsp3) is 0.385. The predicted octanol–water partition coefficient (Wildman–Crippen LogP) is 3.28. The minimum Gasteiger partial charge on any atom is -0.334 e. The molecule has 2 aromatic rings. The van der Waals surface area contributed by atoms with Crippen molar-refractivity contribution in [1.82, 2.24) is 10.1 Å². The Hall–Kier alpha value is -1.39. The predicted molar refractivity (Wildman–Crippen MR) is 71.3 cm³/mol. The third-order valence-electron chi connectivity index (χ3n) is 3.09. The van der Waals surface area contributed by atoms with Crippen molar-refractivity contribution < 1.29 is 4.52 Å². The van der Waals surface area contributed by atoms with Crippen LogP contribution >= 0.6 is 11.6 Å². The summed E-state index contributed by atoms with van der Waals surface area (Å²) in [6, 6.07) is 5.69. The van der Waals surface area contributed by atoms with Crippen molar-refractivity contribution in [3.05, 3.63) is 34.6 Å². The summed E-state index contributed by atoms with van der Waals surface area (Å²) in [6.45, 7) is 5.79. The SMILES string of the molecule is CCC(C)(N)c1noc(-c2cccc(C)c2Cl)n1. The van der Waals surface area contributed by atoms with Crippen LogP contribution in [0.4, 0.5) is 0 Å². The van der Waals surface area contributed by atoms with Gasteiger partial charge in [0.15, 0.2) is 5.82 Å². The second kappa shape index (κ2) is 4.71. The Bertz CT molecular complexity index is 563. The summed E-state index contributed by atoms with van der Waals surface area (Å²) in [5, 5.41) is 4.56. The quantitative estimate of drug-likeness (QED) is 0.925. The smallest absolute Gasteiger partial charge is 0.259 e. The van der Waals surface area contributed by atoms with Gasteiger partial charge >= 0.3 is 0 Å². The molecule has 96 valence electrons. The highest BCUT2D eigenvalue weighted by Crippen LogP contribution is 2.30. The average molecular weight is 266 g/mol. The topological polar surface area (TPSA) is 64.9 Å². The van der Waals surface area contributed by atoms with E-state index in [4.69, 9.17) is 21.9 Å². The van der Waals surface area contributed by atoms with Gasteiger partial charge in [0.05, 0.1) is 16.1 Å². The van der Waals surface area contributed by atoms with Gasteiger partial charge in [-0.05, 0) is 31.9 Å². The Labute approximate surface area is 111 Å². The average Bonchev–Trinajstić information content (AvgIpc) is 2.82. The first-order chi connectivity index (χ1) is 8.45. The monoisotopic (exact) mass is 265 g/mol. The minimum absolute atomic E-state index is 0.406. The largest absolute Gasteiger partial charge is 0.334 e. The molecule has 0 bridgehead atoms. The fourth-order valence-corrected chi connectivity index (χ4v) is 1.74. The Morgan fingerprint density at radius 1 is 1.44 bits per heavy atom. The van der Waals surface area contributed by atoms with E-state index in [1.54, 1.807) is 0 Å². The third kappa shape index (κ3) is 2.26. The number of rotatable bonds is 3. The molecular formula is C13H16ClN3O. The van der Waals surface area contributed by atoms with E-state index in [1.807, 2.05) is 39.0 Å². The van der Waals surface area contributed by atoms with Crippen molar-refractivity contribution in [3.63, 3.8) is 0 Å². The van der Waals surface area contributed by atoms with Crippen LogP contribution in [0.15, 0.2) is 22.7 Å². The molecule has 18 heavy (non-hydrogen) atoms. The minimum atomic E-state index is -0.585. The van der Waals surface area contributed by atoms with Gasteiger partial charge in [-0.1, -0.05) is 35.8 Å². The zero-order chi connectivity index (χ0) is 13.3. The summed E-state index contributed by atoms with van der Waals surface area (Å²) in [4.78, 5) is 4.34. The van der Waals surface area contributed by atoms with Crippen molar-refractivity contribution in [2.45, 2.75) is 32.7 Å². The lowest BCUT2D eigenvalue weighted by molar-refractivity contribution is 0.379. The van der Waals surface area contributed by atoms with Crippen molar-refractivity contribution >= 4 is 11.6 Å². The molecule has 0 aliphatic heterocycles. The van der Waals surface area contributed by atoms with Crippen LogP contribution in [0.3, 0.4) is 0 Å². The maximum atomic E-state index is 6.23. The van der Waals surface area contributed by atoms with Crippen LogP contribution in [-0.4, -0.2) is 10.1 Å². The van der Waals surface area contributed by atoms with E-state index in [0.717, 1.165) is 17.5 Å². The molecule has 1 heterocycles. The molecule has 1 aromatic carbocycles. The molecule has 0 spiro atoms. The zero-order valence-electron chi connectivity index (χ0n) is 10.7. The van der Waals surface area contributed by atoms with Gasteiger partial charge in [-0.3, -0.25) is 0 Å². The van der Waals surface area contributed by atoms with Gasteiger partial charge < -0.3 is 10.3 Å². The first-order valence-electron chi connectivity index (χ1n) is 5.84. The fourth-order valence-electron chi connectivity index (χ4n) is 1.54. The molecule has 2 rings (SSSR count). The lowest BCUT2D eigenvalue weighted by atomic mass is 10.00. The van der Waals surface area contributed by atoms with E-state index < -0.39 is 5.54 Å². The molecular weight excluding hydrogens is 250 g/mol. The second-order valence-corrected chi connectivity index (χ2v) is 5.01. The van der Waals surface area contributed by atoms with E-state index >= 15 is 0 Å². The van der Waals surface area contributed by atoms with Gasteiger partial charge in [-0.2, -0.15) is 4.98 Å². The van der Waals surface area contributed by atoms with E-state index in [1.165, 1.54) is 0 Å². The molecule has 0 aliphatic carbocycles. The first-order valence-corrected chi connectivity index (χ1v) is 6.22. The van der Waals surface area contributed by atoms with Gasteiger partial charge in [0.25, 0.3) is 5.89 Å². The molecule has 1 aromatic heterocycles. The van der Waals surface area contributed by atoms with Crippen LogP contribution in [0.1, 0.15) is 31.7 Å². The Kier molecular flexibility index (Phi) is 3.41. The molecule has 1 unspecified atom stereocenters. The number of hydrogen-bond acceptors (Lipinski definition) is 4. The van der Waals surface area contributed by atoms with E-state index in [-0.39, 0.29) is 0 Å². The van der Waals surface area contributed by atoms with Gasteiger partial charge in [0, 0.05) is 0 Å². The standard InChI is InChI=1S/C13H16ClN3O/c1-4-13(3,15)12-16-11(18-17-12)9-7-5-6-8(2)10(9)14/h5-7H,4,15H2,1-3H3. The number of halogens is 1. The van der Waals surface area contributed by atoms with Crippen molar-refractivity contribution in [1.29, 1.82) is 0 Å². The summed E-state index contributed by atoms with van der Waals surface area (Å²) in [5.74, 6) is 0.904. The molecule has 5 heteroatoms. The Morgan fingerprint density at radius 3 is 2.83 bits per heavy atom. The van der Waals surface area contributed by atoms with Crippen LogP contribution in [-0.2, 0) is 5.54 Å². The van der Waals surface area contributed by atoms with E-state index in [0.29, 0.717) is 16.7 Å². The molecule has 2 N–H and O–H groups in total. The third-order valence-corrected chi connectivity index (χ3v) is 3.60. The molecule has 0 saturated carbocycles. The zero-order valence-corrected chi connectivity index (χ0v) is 11.5. The van der Waals surface area contributed by atoms with E-state index in [2.05, 4.69) is 10.1 Å². The highest BCUT2D eigenvalue weighted by molar-refractivity contribution is 6.33. The van der Waals surface area contributed by atoms with Crippen molar-refractivity contribution in [3.8, 4) is 11.5 Å². The molecule has 4 nitrogen and oxygen atoms in total. The van der Waals surface area contributed by atoms with Crippen LogP contribution < -0.4 is 5.73 Å². The second-order valence-electron chi connectivity index (χ2n) is 4.63. The van der Waals surface area contributed by atoms with Crippen LogP contribution in [0, 0.1) is 6.92 Å². The molecule has 1 atom stereocenters. The van der Waals surface area contributed by atoms with Crippen LogP contribution in [0.2, 0.25) is 5.02 Å². The number of aromatic nitrogens is 2. The number of nitrogens with zero attached hydrogens (tertiary/aromatic N) is 2. The Balaban J connectivity index is 2.45. The molecule has 0 saturated heterocycles. The van der Waals surface area contributed by atoms with Gasteiger partial charge in [-0.15, -0.1) is 0 Å². The van der Waals surface area contributed by atoms with Crippen molar-refractivity contribution in [2.24, 2.45) is 5.73 Å². The maximum Gasteiger partial charge on any atom is 0.259 e. The number of hydrogen-bond donors (Lipinski definition) is 1. The van der Waals surface area contributed by atoms with E-state index in [9.17, 15) is 0 Å². The molecule has 0 fully saturated rings. The summed E-state index contributed by atoms with van der Waals surface area (Å²) in [7, 11) is 0. The maximum absolute atomic E-state index is 6.23. The number of nitrogens with two attached hydrogens (primary N) is 1. The first kappa shape index (κ1) is 13.1. The lowest BCUT2D eigenvalue weighted by Crippen LogP contribution is -2.33. The summed E-state index contributed by atoms with van der Waals surface area (Å²) in [5.41, 5.74) is 7.20. The van der Waals surface area contributed by atoms with Crippen molar-refractivity contribution in [2.75, 3.05) is 0 Å². The lowest BCUT2D eigenvalue weighted by Gasteiger charge is -2.16. The van der Waals surface area contributed by atoms with Gasteiger partial charge in [-0.25, -0.2) is 0 Å². The number of aryl methyl sites for hydroxylation is 1. The normalized spacial score (nSPS) is 14.5. The molecule has 0 radical (unpaired) electrons. The molecule has 0 aliphatic rings. The van der Waals surface area contributed by atoms with Gasteiger partial charge in [0.2, 0.25) is 0 Å². The van der Waals surface area contributed by atoms with Gasteiger partial charge in [0.1, 0.15) is 0 Å². The highest BCUT2D eigenvalue weighted by atomic mass is 35.5. The Morgan fingerprint density at radius 2 is 2.17 bits per heavy atom. The summed E-state index contributed by atoms with van der Waals surface area (Å²) < 4.78 is 5.25. The number of benzene rings is 1. The summed E-state index contributed by atoms with van der Waals surface area (Å²) in [6.07, 6.45) is 0.730. The van der Waals surface area contributed by atoms with Crippen LogP contribution in [0.25, 0.3) is 11.5 Å². The summed E-state index contributed by atoms with van der Waals surface area (Å²) >= 11 is 6.23. The van der Waals surface area contributed by atoms with Crippen LogP contribution in [0.5, 0.6) is 0 Å². The highest BCUT2D eigenvalue weighted by Gasteiger charge is 2.26.